The van der Waals surface area contributed by atoms with Crippen LogP contribution in [0, 0.1) is 11.3 Å². The first-order valence-corrected chi connectivity index (χ1v) is 5.88. The topological polar surface area (TPSA) is 72.2 Å². The van der Waals surface area contributed by atoms with Crippen molar-refractivity contribution >= 4 is 6.29 Å². The first-order chi connectivity index (χ1) is 9.78. The third-order valence-electron chi connectivity index (χ3n) is 2.68. The summed E-state index contributed by atoms with van der Waals surface area (Å²) in [5.74, 6) is 0.879. The van der Waals surface area contributed by atoms with Crippen LogP contribution in [0.25, 0.3) is 0 Å². The van der Waals surface area contributed by atoms with Crippen LogP contribution in [0.15, 0.2) is 36.5 Å². The maximum Gasteiger partial charge on any atom is 0.172 e. The average Bonchev–Trinajstić information content (AvgIpc) is 2.52. The van der Waals surface area contributed by atoms with E-state index in [1.54, 1.807) is 36.5 Å². The molecule has 0 unspecified atom stereocenters. The highest BCUT2D eigenvalue weighted by atomic mass is 16.5. The van der Waals surface area contributed by atoms with Gasteiger partial charge in [-0.05, 0) is 29.8 Å². The fourth-order valence-electron chi connectivity index (χ4n) is 1.72. The van der Waals surface area contributed by atoms with Crippen molar-refractivity contribution in [1.29, 1.82) is 5.26 Å². The second-order valence-corrected chi connectivity index (χ2v) is 3.95. The van der Waals surface area contributed by atoms with Gasteiger partial charge in [0.1, 0.15) is 18.4 Å². The predicted molar refractivity (Wildman–Crippen MR) is 71.7 cm³/mol. The van der Waals surface area contributed by atoms with Crippen LogP contribution >= 0.6 is 0 Å². The van der Waals surface area contributed by atoms with Gasteiger partial charge in [-0.15, -0.1) is 0 Å². The molecule has 1 aromatic heterocycles. The van der Waals surface area contributed by atoms with Gasteiger partial charge in [-0.25, -0.2) is 4.98 Å². The van der Waals surface area contributed by atoms with Crippen LogP contribution in [-0.2, 0) is 6.61 Å². The highest BCUT2D eigenvalue weighted by Crippen LogP contribution is 2.30. The molecule has 0 atom stereocenters. The number of aromatic nitrogens is 1. The lowest BCUT2D eigenvalue weighted by Gasteiger charge is -2.12. The lowest BCUT2D eigenvalue weighted by molar-refractivity contribution is 0.111. The molecular formula is C15H12N2O3. The summed E-state index contributed by atoms with van der Waals surface area (Å²) < 4.78 is 10.8. The van der Waals surface area contributed by atoms with Crippen LogP contribution in [0.2, 0.25) is 0 Å². The van der Waals surface area contributed by atoms with E-state index in [2.05, 4.69) is 4.98 Å². The number of nitriles is 1. The average molecular weight is 268 g/mol. The zero-order valence-electron chi connectivity index (χ0n) is 10.9. The van der Waals surface area contributed by atoms with E-state index in [9.17, 15) is 4.79 Å². The maximum absolute atomic E-state index is 11.0. The molecule has 2 aromatic rings. The van der Waals surface area contributed by atoms with Crippen molar-refractivity contribution in [2.75, 3.05) is 7.11 Å². The van der Waals surface area contributed by atoms with Gasteiger partial charge in [-0.3, -0.25) is 4.79 Å². The number of carbonyl (C=O) groups is 1. The summed E-state index contributed by atoms with van der Waals surface area (Å²) in [6.07, 6.45) is 2.26. The van der Waals surface area contributed by atoms with Gasteiger partial charge in [-0.2, -0.15) is 5.26 Å². The van der Waals surface area contributed by atoms with Gasteiger partial charge >= 0.3 is 0 Å². The van der Waals surface area contributed by atoms with Crippen LogP contribution in [0.3, 0.4) is 0 Å². The molecule has 0 bridgehead atoms. The summed E-state index contributed by atoms with van der Waals surface area (Å²) in [6, 6.07) is 10.4. The van der Waals surface area contributed by atoms with Gasteiger partial charge in [0, 0.05) is 6.20 Å². The highest BCUT2D eigenvalue weighted by molar-refractivity contribution is 5.81. The lowest BCUT2D eigenvalue weighted by atomic mass is 10.2. The molecule has 0 fully saturated rings. The van der Waals surface area contributed by atoms with Gasteiger partial charge in [0.15, 0.2) is 17.8 Å². The summed E-state index contributed by atoms with van der Waals surface area (Å²) >= 11 is 0. The molecule has 5 heteroatoms. The third kappa shape index (κ3) is 2.93. The number of pyridine rings is 1. The zero-order valence-corrected chi connectivity index (χ0v) is 10.9. The van der Waals surface area contributed by atoms with E-state index >= 15 is 0 Å². The summed E-state index contributed by atoms with van der Waals surface area (Å²) in [5, 5.41) is 8.79. The number of hydrogen-bond acceptors (Lipinski definition) is 5. The van der Waals surface area contributed by atoms with E-state index in [1.165, 1.54) is 7.11 Å². The first-order valence-electron chi connectivity index (χ1n) is 5.88. The number of rotatable bonds is 5. The monoisotopic (exact) mass is 268 g/mol. The van der Waals surface area contributed by atoms with Crippen molar-refractivity contribution in [2.45, 2.75) is 6.61 Å². The Kier molecular flexibility index (Phi) is 4.30. The molecule has 2 rings (SSSR count). The Morgan fingerprint density at radius 2 is 2.25 bits per heavy atom. The normalized spacial score (nSPS) is 9.60. The second-order valence-electron chi connectivity index (χ2n) is 3.95. The van der Waals surface area contributed by atoms with E-state index < -0.39 is 0 Å². The number of aldehydes is 1. The molecule has 0 spiro atoms. The molecule has 0 aliphatic rings. The second kappa shape index (κ2) is 6.34. The van der Waals surface area contributed by atoms with Gasteiger partial charge in [-0.1, -0.05) is 6.07 Å². The van der Waals surface area contributed by atoms with Crippen molar-refractivity contribution in [1.82, 2.24) is 4.98 Å². The lowest BCUT2D eigenvalue weighted by Crippen LogP contribution is -2.01. The van der Waals surface area contributed by atoms with Gasteiger partial charge in [0.2, 0.25) is 0 Å². The van der Waals surface area contributed by atoms with Crippen molar-refractivity contribution in [3.05, 3.63) is 53.3 Å². The molecule has 20 heavy (non-hydrogen) atoms. The minimum absolute atomic E-state index is 0.221. The molecule has 0 aliphatic heterocycles. The third-order valence-corrected chi connectivity index (χ3v) is 2.68. The Hall–Kier alpha value is -2.87. The Morgan fingerprint density at radius 1 is 1.40 bits per heavy atom. The van der Waals surface area contributed by atoms with Crippen molar-refractivity contribution in [2.24, 2.45) is 0 Å². The molecule has 0 saturated heterocycles. The van der Waals surface area contributed by atoms with E-state index in [0.29, 0.717) is 29.0 Å². The molecule has 0 N–H and O–H groups in total. The molecule has 100 valence electrons. The van der Waals surface area contributed by atoms with E-state index in [4.69, 9.17) is 14.7 Å². The summed E-state index contributed by atoms with van der Waals surface area (Å²) in [4.78, 5) is 14.9. The first kappa shape index (κ1) is 13.6. The number of benzene rings is 1. The fraction of sp³-hybridized carbons (Fsp3) is 0.133. The minimum atomic E-state index is 0.221. The number of para-hydroxylation sites is 1. The summed E-state index contributed by atoms with van der Waals surface area (Å²) in [7, 11) is 1.51. The Bertz CT molecular complexity index is 662. The molecule has 0 amide bonds. The smallest absolute Gasteiger partial charge is 0.172 e. The standard InChI is InChI=1S/C15H12N2O3/c1-19-14-4-2-3-12(9-18)15(14)20-10-11-5-6-17-13(7-11)8-16/h2-7,9H,10H2,1H3. The van der Waals surface area contributed by atoms with E-state index in [1.807, 2.05) is 6.07 Å². The van der Waals surface area contributed by atoms with Crippen LogP contribution in [0.4, 0.5) is 0 Å². The van der Waals surface area contributed by atoms with Crippen LogP contribution < -0.4 is 9.47 Å². The molecule has 0 aliphatic carbocycles. The van der Waals surface area contributed by atoms with Crippen LogP contribution in [0.5, 0.6) is 11.5 Å². The van der Waals surface area contributed by atoms with E-state index in [-0.39, 0.29) is 6.61 Å². The number of nitrogens with zero attached hydrogens (tertiary/aromatic N) is 2. The van der Waals surface area contributed by atoms with Crippen molar-refractivity contribution in [3.8, 4) is 17.6 Å². The number of ether oxygens (including phenoxy) is 2. The van der Waals surface area contributed by atoms with Crippen LogP contribution in [-0.4, -0.2) is 18.4 Å². The zero-order chi connectivity index (χ0) is 14.4. The highest BCUT2D eigenvalue weighted by Gasteiger charge is 2.10. The van der Waals surface area contributed by atoms with Crippen LogP contribution in [0.1, 0.15) is 21.6 Å². The molecule has 0 saturated carbocycles. The quantitative estimate of drug-likeness (QED) is 0.778. The fourth-order valence-corrected chi connectivity index (χ4v) is 1.72. The van der Waals surface area contributed by atoms with Crippen molar-refractivity contribution < 1.29 is 14.3 Å². The molecule has 5 nitrogen and oxygen atoms in total. The minimum Gasteiger partial charge on any atom is -0.493 e. The van der Waals surface area contributed by atoms with Gasteiger partial charge in [0.25, 0.3) is 0 Å². The predicted octanol–water partition coefficient (Wildman–Crippen LogP) is 2.35. The Labute approximate surface area is 116 Å². The summed E-state index contributed by atoms with van der Waals surface area (Å²) in [5.41, 5.74) is 1.53. The molecule has 1 aromatic carbocycles. The number of methoxy groups -OCH3 is 1. The largest absolute Gasteiger partial charge is 0.493 e. The molecule has 1 heterocycles. The Balaban J connectivity index is 2.22. The number of hydrogen-bond donors (Lipinski definition) is 0. The SMILES string of the molecule is COc1cccc(C=O)c1OCc1ccnc(C#N)c1. The van der Waals surface area contributed by atoms with Crippen molar-refractivity contribution in [3.63, 3.8) is 0 Å². The maximum atomic E-state index is 11.0. The summed E-state index contributed by atoms with van der Waals surface area (Å²) in [6.45, 7) is 0.221. The number of carbonyl (C=O) groups excluding carboxylic acids is 1. The van der Waals surface area contributed by atoms with Gasteiger partial charge < -0.3 is 9.47 Å². The molecular weight excluding hydrogens is 256 g/mol. The molecule has 0 radical (unpaired) electrons. The Morgan fingerprint density at radius 3 is 2.95 bits per heavy atom. The van der Waals surface area contributed by atoms with E-state index in [0.717, 1.165) is 5.56 Å². The van der Waals surface area contributed by atoms with Gasteiger partial charge in [0.05, 0.1) is 12.7 Å².